The summed E-state index contributed by atoms with van der Waals surface area (Å²) in [6.45, 7) is 2.03. The molecule has 5 rings (SSSR count). The SMILES string of the molecule is COc1ccc(C2=NN(C3=NC(=O)[C@H](CC(=O)Nc4ccc(F)c(Cl)c4)S3)[C@@H](c3ccc(C)cc3)C2)cc1. The molecule has 0 saturated heterocycles. The van der Waals surface area contributed by atoms with E-state index in [0.717, 1.165) is 28.2 Å². The molecule has 2 amide bonds. The third-order valence-corrected chi connectivity index (χ3v) is 7.73. The monoisotopic (exact) mass is 550 g/mol. The maximum atomic E-state index is 13.4. The fourth-order valence-corrected chi connectivity index (χ4v) is 5.49. The maximum absolute atomic E-state index is 13.4. The number of hydrazone groups is 1. The van der Waals surface area contributed by atoms with Gasteiger partial charge in [0.2, 0.25) is 5.91 Å². The summed E-state index contributed by atoms with van der Waals surface area (Å²) in [6, 6.07) is 19.6. The number of nitrogens with zero attached hydrogens (tertiary/aromatic N) is 3. The second kappa shape index (κ2) is 11.0. The lowest BCUT2D eigenvalue weighted by molar-refractivity contribution is -0.121. The Morgan fingerprint density at radius 1 is 1.16 bits per heavy atom. The molecule has 7 nitrogen and oxygen atoms in total. The number of ether oxygens (including phenoxy) is 1. The van der Waals surface area contributed by atoms with Gasteiger partial charge in [0.05, 0.1) is 23.9 Å². The molecule has 0 unspecified atom stereocenters. The number of amides is 2. The van der Waals surface area contributed by atoms with Crippen LogP contribution in [0.25, 0.3) is 0 Å². The van der Waals surface area contributed by atoms with Gasteiger partial charge in [-0.05, 0) is 60.5 Å². The number of aliphatic imine (C=N–C) groups is 1. The lowest BCUT2D eigenvalue weighted by Gasteiger charge is -2.23. The van der Waals surface area contributed by atoms with Crippen molar-refractivity contribution in [3.8, 4) is 5.75 Å². The van der Waals surface area contributed by atoms with Crippen LogP contribution in [0.4, 0.5) is 10.1 Å². The first-order valence-corrected chi connectivity index (χ1v) is 13.2. The molecular formula is C28H24ClFN4O3S. The summed E-state index contributed by atoms with van der Waals surface area (Å²) in [5.74, 6) is -0.612. The molecule has 3 aromatic rings. The number of anilines is 1. The van der Waals surface area contributed by atoms with Crippen molar-refractivity contribution in [2.75, 3.05) is 12.4 Å². The predicted molar refractivity (Wildman–Crippen MR) is 148 cm³/mol. The van der Waals surface area contributed by atoms with Crippen LogP contribution in [0.2, 0.25) is 5.02 Å². The van der Waals surface area contributed by atoms with Crippen molar-refractivity contribution >= 4 is 51.7 Å². The minimum Gasteiger partial charge on any atom is -0.497 e. The first kappa shape index (κ1) is 25.9. The highest BCUT2D eigenvalue weighted by Gasteiger charge is 2.39. The number of carbonyl (C=O) groups is 2. The van der Waals surface area contributed by atoms with Crippen LogP contribution in [0.3, 0.4) is 0 Å². The van der Waals surface area contributed by atoms with Crippen LogP contribution >= 0.6 is 23.4 Å². The van der Waals surface area contributed by atoms with Crippen molar-refractivity contribution in [2.45, 2.75) is 31.1 Å². The van der Waals surface area contributed by atoms with E-state index in [1.807, 2.05) is 43.3 Å². The van der Waals surface area contributed by atoms with Gasteiger partial charge in [-0.1, -0.05) is 53.2 Å². The highest BCUT2D eigenvalue weighted by molar-refractivity contribution is 8.15. The predicted octanol–water partition coefficient (Wildman–Crippen LogP) is 5.97. The fourth-order valence-electron chi connectivity index (χ4n) is 4.25. The summed E-state index contributed by atoms with van der Waals surface area (Å²) in [5.41, 5.74) is 4.36. The summed E-state index contributed by atoms with van der Waals surface area (Å²) >= 11 is 7.02. The van der Waals surface area contributed by atoms with Gasteiger partial charge in [-0.25, -0.2) is 9.40 Å². The van der Waals surface area contributed by atoms with Crippen LogP contribution in [0.1, 0.15) is 35.6 Å². The number of aryl methyl sites for hydroxylation is 1. The average molecular weight is 551 g/mol. The Morgan fingerprint density at radius 2 is 1.89 bits per heavy atom. The fraction of sp³-hybridized carbons (Fsp3) is 0.214. The van der Waals surface area contributed by atoms with Gasteiger partial charge in [0, 0.05) is 18.5 Å². The first-order chi connectivity index (χ1) is 18.3. The number of nitrogens with one attached hydrogen (secondary N) is 1. The van der Waals surface area contributed by atoms with Crippen molar-refractivity contribution in [1.29, 1.82) is 0 Å². The average Bonchev–Trinajstić information content (AvgIpc) is 3.51. The van der Waals surface area contributed by atoms with E-state index in [1.165, 1.54) is 30.0 Å². The van der Waals surface area contributed by atoms with Gasteiger partial charge in [-0.2, -0.15) is 10.1 Å². The Morgan fingerprint density at radius 3 is 2.58 bits per heavy atom. The second-order valence-electron chi connectivity index (χ2n) is 8.97. The first-order valence-electron chi connectivity index (χ1n) is 11.9. The molecule has 0 fully saturated rings. The van der Waals surface area contributed by atoms with Crippen LogP contribution in [-0.4, -0.2) is 40.1 Å². The van der Waals surface area contributed by atoms with Crippen molar-refractivity contribution in [1.82, 2.24) is 5.01 Å². The highest BCUT2D eigenvalue weighted by Crippen LogP contribution is 2.39. The number of thioether (sulfide) groups is 1. The number of benzene rings is 3. The Labute approximate surface area is 228 Å². The van der Waals surface area contributed by atoms with Crippen LogP contribution < -0.4 is 10.1 Å². The van der Waals surface area contributed by atoms with Gasteiger partial charge in [0.15, 0.2) is 5.17 Å². The van der Waals surface area contributed by atoms with Gasteiger partial charge in [0.1, 0.15) is 16.8 Å². The third kappa shape index (κ3) is 5.58. The molecule has 38 heavy (non-hydrogen) atoms. The summed E-state index contributed by atoms with van der Waals surface area (Å²) in [5, 5.41) is 8.97. The molecule has 2 heterocycles. The van der Waals surface area contributed by atoms with Crippen LogP contribution in [0, 0.1) is 12.7 Å². The van der Waals surface area contributed by atoms with E-state index >= 15 is 0 Å². The molecular weight excluding hydrogens is 527 g/mol. The lowest BCUT2D eigenvalue weighted by Crippen LogP contribution is -2.25. The van der Waals surface area contributed by atoms with E-state index in [2.05, 4.69) is 22.4 Å². The van der Waals surface area contributed by atoms with Gasteiger partial charge in [0.25, 0.3) is 5.91 Å². The Balaban J connectivity index is 1.34. The largest absolute Gasteiger partial charge is 0.497 e. The molecule has 0 saturated carbocycles. The Kier molecular flexibility index (Phi) is 7.49. The molecule has 3 aromatic carbocycles. The van der Waals surface area contributed by atoms with Crippen molar-refractivity contribution < 1.29 is 18.7 Å². The summed E-state index contributed by atoms with van der Waals surface area (Å²) in [7, 11) is 1.62. The zero-order valence-electron chi connectivity index (χ0n) is 20.7. The molecule has 2 atom stereocenters. The highest BCUT2D eigenvalue weighted by atomic mass is 35.5. The molecule has 2 aliphatic rings. The molecule has 0 radical (unpaired) electrons. The van der Waals surface area contributed by atoms with E-state index in [4.69, 9.17) is 21.4 Å². The van der Waals surface area contributed by atoms with Crippen LogP contribution in [0.5, 0.6) is 5.75 Å². The van der Waals surface area contributed by atoms with E-state index in [0.29, 0.717) is 17.3 Å². The number of methoxy groups -OCH3 is 1. The maximum Gasteiger partial charge on any atom is 0.262 e. The number of amidine groups is 1. The van der Waals surface area contributed by atoms with Gasteiger partial charge < -0.3 is 10.1 Å². The van der Waals surface area contributed by atoms with E-state index in [1.54, 1.807) is 12.1 Å². The lowest BCUT2D eigenvalue weighted by atomic mass is 9.98. The van der Waals surface area contributed by atoms with Crippen molar-refractivity contribution in [2.24, 2.45) is 10.1 Å². The minimum absolute atomic E-state index is 0.0937. The van der Waals surface area contributed by atoms with E-state index in [9.17, 15) is 14.0 Å². The van der Waals surface area contributed by atoms with Gasteiger partial charge >= 0.3 is 0 Å². The summed E-state index contributed by atoms with van der Waals surface area (Å²) < 4.78 is 18.7. The van der Waals surface area contributed by atoms with Gasteiger partial charge in [-0.3, -0.25) is 9.59 Å². The number of hydrogen-bond acceptors (Lipinski definition) is 6. The summed E-state index contributed by atoms with van der Waals surface area (Å²) in [6.07, 6.45) is 0.531. The molecule has 1 N–H and O–H groups in total. The number of carbonyl (C=O) groups excluding carboxylic acids is 2. The number of hydrogen-bond donors (Lipinski definition) is 1. The second-order valence-corrected chi connectivity index (χ2v) is 10.5. The molecule has 2 aliphatic heterocycles. The number of halogens is 2. The molecule has 194 valence electrons. The quantitative estimate of drug-likeness (QED) is 0.408. The standard InChI is InChI=1S/C28H24ClFN4O3S/c1-16-3-5-18(6-4-16)24-14-23(17-7-10-20(37-2)11-8-17)33-34(24)28-32-27(36)25(38-28)15-26(35)31-19-9-12-22(30)21(29)13-19/h3-13,24-25H,14-15H2,1-2H3,(H,31,35)/t24-,25+/m1/s1. The van der Waals surface area contributed by atoms with Gasteiger partial charge in [-0.15, -0.1) is 0 Å². The topological polar surface area (TPSA) is 83.4 Å². The van der Waals surface area contributed by atoms with Crippen LogP contribution in [0.15, 0.2) is 76.8 Å². The van der Waals surface area contributed by atoms with Crippen LogP contribution in [-0.2, 0) is 9.59 Å². The van der Waals surface area contributed by atoms with E-state index < -0.39 is 22.9 Å². The Hall–Kier alpha value is -3.69. The number of rotatable bonds is 6. The third-order valence-electron chi connectivity index (χ3n) is 6.29. The minimum atomic E-state index is -0.695. The molecule has 0 bridgehead atoms. The normalized spacial score (nSPS) is 18.8. The zero-order chi connectivity index (χ0) is 26.8. The molecule has 0 aromatic heterocycles. The molecule has 0 spiro atoms. The van der Waals surface area contributed by atoms with Crippen molar-refractivity contribution in [3.63, 3.8) is 0 Å². The molecule has 0 aliphatic carbocycles. The summed E-state index contributed by atoms with van der Waals surface area (Å²) in [4.78, 5) is 29.7. The van der Waals surface area contributed by atoms with E-state index in [-0.39, 0.29) is 17.5 Å². The zero-order valence-corrected chi connectivity index (χ0v) is 22.2. The van der Waals surface area contributed by atoms with Crippen molar-refractivity contribution in [3.05, 3.63) is 94.3 Å². The molecule has 10 heteroatoms. The smallest absolute Gasteiger partial charge is 0.262 e. The Bertz CT molecular complexity index is 1440.